The number of rotatable bonds is 8. The Kier molecular flexibility index (Phi) is 7.07. The van der Waals surface area contributed by atoms with Crippen LogP contribution in [-0.2, 0) is 8.85 Å². The fourth-order valence-electron chi connectivity index (χ4n) is 2.66. The number of benzene rings is 1. The lowest BCUT2D eigenvalue weighted by atomic mass is 10.2. The van der Waals surface area contributed by atoms with Crippen molar-refractivity contribution in [3.8, 4) is 0 Å². The summed E-state index contributed by atoms with van der Waals surface area (Å²) in [5.41, 5.74) is 1.29. The van der Waals surface area contributed by atoms with E-state index in [0.29, 0.717) is 13.2 Å². The third-order valence-electron chi connectivity index (χ3n) is 4.92. The first kappa shape index (κ1) is 20.4. The highest BCUT2D eigenvalue weighted by Crippen LogP contribution is 2.41. The van der Waals surface area contributed by atoms with Gasteiger partial charge in [0.05, 0.1) is 6.17 Å². The van der Waals surface area contributed by atoms with Crippen LogP contribution in [0.2, 0.25) is 24.7 Å². The van der Waals surface area contributed by atoms with Crippen molar-refractivity contribution in [2.24, 2.45) is 0 Å². The quantitative estimate of drug-likeness (QED) is 0.601. The van der Waals surface area contributed by atoms with Crippen molar-refractivity contribution in [1.29, 1.82) is 0 Å². The first-order chi connectivity index (χ1) is 10.6. The van der Waals surface area contributed by atoms with Crippen LogP contribution >= 0.6 is 0 Å². The van der Waals surface area contributed by atoms with Crippen molar-refractivity contribution in [3.63, 3.8) is 0 Å². The average molecular weight is 354 g/mol. The van der Waals surface area contributed by atoms with Crippen molar-refractivity contribution >= 4 is 22.5 Å². The van der Waals surface area contributed by atoms with Crippen LogP contribution in [-0.4, -0.2) is 36.2 Å². The van der Waals surface area contributed by atoms with Gasteiger partial charge in [-0.3, -0.25) is 0 Å². The van der Waals surface area contributed by atoms with Gasteiger partial charge in [0.25, 0.3) is 0 Å². The first-order valence-electron chi connectivity index (χ1n) is 8.68. The number of anilines is 1. The van der Waals surface area contributed by atoms with Crippen LogP contribution in [0, 0.1) is 0 Å². The molecule has 0 aliphatic carbocycles. The third kappa shape index (κ3) is 5.17. The van der Waals surface area contributed by atoms with E-state index in [4.69, 9.17) is 8.85 Å². The number of para-hydroxylation sites is 1. The zero-order chi connectivity index (χ0) is 17.7. The molecule has 0 fully saturated rings. The molecule has 0 unspecified atom stereocenters. The Labute approximate surface area is 145 Å². The fraction of sp³-hybridized carbons (Fsp3) is 0.667. The molecule has 0 aliphatic rings. The van der Waals surface area contributed by atoms with Crippen molar-refractivity contribution in [3.05, 3.63) is 30.3 Å². The van der Waals surface area contributed by atoms with Gasteiger partial charge in [0.2, 0.25) is 0 Å². The normalized spacial score (nSPS) is 13.2. The molecule has 0 saturated heterocycles. The van der Waals surface area contributed by atoms with E-state index < -0.39 is 16.8 Å². The van der Waals surface area contributed by atoms with E-state index in [-0.39, 0.29) is 5.04 Å². The Morgan fingerprint density at radius 2 is 1.39 bits per heavy atom. The summed E-state index contributed by atoms with van der Waals surface area (Å²) >= 11 is 0. The van der Waals surface area contributed by atoms with Crippen LogP contribution in [0.5, 0.6) is 0 Å². The molecule has 23 heavy (non-hydrogen) atoms. The minimum absolute atomic E-state index is 0.260. The van der Waals surface area contributed by atoms with Crippen LogP contribution in [0.25, 0.3) is 0 Å². The van der Waals surface area contributed by atoms with E-state index in [9.17, 15) is 0 Å². The van der Waals surface area contributed by atoms with Crippen molar-refractivity contribution in [2.75, 3.05) is 23.9 Å². The summed E-state index contributed by atoms with van der Waals surface area (Å²) in [6, 6.07) is 10.8. The molecule has 0 atom stereocenters. The Hall–Kier alpha value is -0.626. The highest BCUT2D eigenvalue weighted by atomic mass is 28.4. The second-order valence-electron chi connectivity index (χ2n) is 7.73. The molecule has 0 heterocycles. The largest absolute Gasteiger partial charge is 0.395 e. The van der Waals surface area contributed by atoms with Gasteiger partial charge < -0.3 is 13.4 Å². The van der Waals surface area contributed by atoms with Gasteiger partial charge >= 0.3 is 8.56 Å². The molecule has 0 aromatic heterocycles. The van der Waals surface area contributed by atoms with Gasteiger partial charge in [-0.05, 0) is 37.6 Å². The minimum atomic E-state index is -2.22. The lowest BCUT2D eigenvalue weighted by molar-refractivity contribution is 0.190. The molecule has 0 bridgehead atoms. The summed E-state index contributed by atoms with van der Waals surface area (Å²) in [7, 11) is -3.96. The zero-order valence-corrected chi connectivity index (χ0v) is 18.3. The molecule has 0 N–H and O–H groups in total. The molecular formula is C18H35NO2Si2. The van der Waals surface area contributed by atoms with Crippen LogP contribution < -0.4 is 4.57 Å². The smallest absolute Gasteiger partial charge is 0.354 e. The summed E-state index contributed by atoms with van der Waals surface area (Å²) in [6.07, 6.45) is 0.884. The Morgan fingerprint density at radius 3 is 1.78 bits per heavy atom. The molecular weight excluding hydrogens is 318 g/mol. The standard InChI is InChI=1S/C18H35NO2Si2/c1-9-20-23(8,21-10-2)16-19(17-14-12-11-13-15-17)22(6,7)18(3,4)5/h11-15H,9-10,16H2,1-8H3. The second-order valence-corrected chi connectivity index (χ2v) is 16.0. The molecule has 132 valence electrons. The fourth-order valence-corrected chi connectivity index (χ4v) is 8.95. The first-order valence-corrected chi connectivity index (χ1v) is 14.1. The third-order valence-corrected chi connectivity index (χ3v) is 13.4. The predicted molar refractivity (Wildman–Crippen MR) is 106 cm³/mol. The molecule has 3 nitrogen and oxygen atoms in total. The van der Waals surface area contributed by atoms with Crippen LogP contribution in [0.1, 0.15) is 34.6 Å². The van der Waals surface area contributed by atoms with Gasteiger partial charge in [0.15, 0.2) is 8.24 Å². The van der Waals surface area contributed by atoms with E-state index in [1.165, 1.54) is 5.69 Å². The van der Waals surface area contributed by atoms with E-state index in [0.717, 1.165) is 6.17 Å². The summed E-state index contributed by atoms with van der Waals surface area (Å²) in [5.74, 6) is 0. The van der Waals surface area contributed by atoms with Gasteiger partial charge in [0, 0.05) is 18.9 Å². The maximum Gasteiger partial charge on any atom is 0.354 e. The van der Waals surface area contributed by atoms with Crippen molar-refractivity contribution in [2.45, 2.75) is 59.3 Å². The lowest BCUT2D eigenvalue weighted by Gasteiger charge is -2.49. The Bertz CT molecular complexity index is 466. The topological polar surface area (TPSA) is 21.7 Å². The lowest BCUT2D eigenvalue weighted by Crippen LogP contribution is -2.62. The van der Waals surface area contributed by atoms with Crippen LogP contribution in [0.3, 0.4) is 0 Å². The van der Waals surface area contributed by atoms with Gasteiger partial charge in [0.1, 0.15) is 0 Å². The second kappa shape index (κ2) is 7.97. The Balaban J connectivity index is 3.25. The van der Waals surface area contributed by atoms with Crippen molar-refractivity contribution < 1.29 is 8.85 Å². The summed E-state index contributed by atoms with van der Waals surface area (Å²) in [4.78, 5) is 0. The summed E-state index contributed by atoms with van der Waals surface area (Å²) < 4.78 is 14.9. The van der Waals surface area contributed by atoms with E-state index in [1.54, 1.807) is 0 Å². The molecule has 0 aliphatic heterocycles. The van der Waals surface area contributed by atoms with Gasteiger partial charge in [-0.25, -0.2) is 0 Å². The van der Waals surface area contributed by atoms with Crippen LogP contribution in [0.4, 0.5) is 5.69 Å². The average Bonchev–Trinajstić information content (AvgIpc) is 2.45. The Morgan fingerprint density at radius 1 is 0.913 bits per heavy atom. The van der Waals surface area contributed by atoms with Gasteiger partial charge in [-0.15, -0.1) is 0 Å². The number of hydrogen-bond donors (Lipinski definition) is 0. The molecule has 0 spiro atoms. The molecule has 0 amide bonds. The summed E-state index contributed by atoms with van der Waals surface area (Å²) in [5, 5.41) is 0.260. The monoisotopic (exact) mass is 353 g/mol. The SMILES string of the molecule is CCO[Si](C)(CN(c1ccccc1)[Si](C)(C)C(C)(C)C)OCC. The van der Waals surface area contributed by atoms with Gasteiger partial charge in [-0.2, -0.15) is 0 Å². The number of hydrogen-bond acceptors (Lipinski definition) is 3. The summed E-state index contributed by atoms with van der Waals surface area (Å²) in [6.45, 7) is 19.7. The number of nitrogens with zero attached hydrogens (tertiary/aromatic N) is 1. The predicted octanol–water partition coefficient (Wildman–Crippen LogP) is 5.18. The van der Waals surface area contributed by atoms with Crippen LogP contribution in [0.15, 0.2) is 30.3 Å². The van der Waals surface area contributed by atoms with E-state index in [1.807, 2.05) is 0 Å². The molecule has 0 saturated carbocycles. The van der Waals surface area contributed by atoms with Crippen molar-refractivity contribution in [1.82, 2.24) is 0 Å². The molecule has 1 aromatic carbocycles. The highest BCUT2D eigenvalue weighted by molar-refractivity contribution is 6.85. The highest BCUT2D eigenvalue weighted by Gasteiger charge is 2.45. The van der Waals surface area contributed by atoms with Gasteiger partial charge in [-0.1, -0.05) is 52.1 Å². The maximum absolute atomic E-state index is 6.13. The molecule has 1 aromatic rings. The maximum atomic E-state index is 6.13. The molecule has 1 rings (SSSR count). The van der Waals surface area contributed by atoms with E-state index in [2.05, 4.69) is 89.2 Å². The minimum Gasteiger partial charge on any atom is -0.395 e. The molecule has 5 heteroatoms. The molecule has 0 radical (unpaired) electrons. The zero-order valence-electron chi connectivity index (χ0n) is 16.3. The van der Waals surface area contributed by atoms with E-state index >= 15 is 0 Å².